The van der Waals surface area contributed by atoms with Gasteiger partial charge in [0.25, 0.3) is 11.7 Å². The fraction of sp³-hybridized carbons (Fsp3) is 0.389. The first-order valence-electron chi connectivity index (χ1n) is 7.84. The molecule has 1 atom stereocenters. The van der Waals surface area contributed by atoms with Crippen LogP contribution < -0.4 is 4.90 Å². The molecule has 0 spiro atoms. The smallest absolute Gasteiger partial charge is 0.299 e. The van der Waals surface area contributed by atoms with Crippen LogP contribution in [0.15, 0.2) is 24.3 Å². The molecule has 0 aliphatic carbocycles. The second-order valence-corrected chi connectivity index (χ2v) is 6.35. The van der Waals surface area contributed by atoms with Gasteiger partial charge in [-0.15, -0.1) is 0 Å². The van der Waals surface area contributed by atoms with Gasteiger partial charge in [0.05, 0.1) is 11.3 Å². The SMILES string of the molecule is Cc1nn(C)c(C)c1C(=O)C(=O)N1C[C@H](C)Cc2ccccc21. The lowest BCUT2D eigenvalue weighted by molar-refractivity contribution is -0.114. The van der Waals surface area contributed by atoms with Crippen LogP contribution in [0.2, 0.25) is 0 Å². The Hall–Kier alpha value is -2.43. The summed E-state index contributed by atoms with van der Waals surface area (Å²) >= 11 is 0. The van der Waals surface area contributed by atoms with Crippen LogP contribution in [0.3, 0.4) is 0 Å². The minimum Gasteiger partial charge on any atom is -0.305 e. The van der Waals surface area contributed by atoms with E-state index in [0.717, 1.165) is 23.4 Å². The lowest BCUT2D eigenvalue weighted by atomic mass is 9.93. The van der Waals surface area contributed by atoms with Crippen molar-refractivity contribution in [3.05, 3.63) is 46.8 Å². The van der Waals surface area contributed by atoms with Crippen molar-refractivity contribution < 1.29 is 9.59 Å². The molecule has 0 radical (unpaired) electrons. The van der Waals surface area contributed by atoms with Crippen LogP contribution >= 0.6 is 0 Å². The number of Topliss-reactive ketones (excluding diaryl/α,β-unsaturated/α-hetero) is 1. The molecule has 1 aliphatic heterocycles. The van der Waals surface area contributed by atoms with Crippen molar-refractivity contribution in [1.82, 2.24) is 9.78 Å². The Morgan fingerprint density at radius 3 is 2.57 bits per heavy atom. The number of rotatable bonds is 2. The van der Waals surface area contributed by atoms with Gasteiger partial charge < -0.3 is 4.90 Å². The molecule has 1 amide bonds. The van der Waals surface area contributed by atoms with Crippen molar-refractivity contribution in [2.75, 3.05) is 11.4 Å². The Balaban J connectivity index is 1.99. The van der Waals surface area contributed by atoms with Crippen molar-refractivity contribution in [3.63, 3.8) is 0 Å². The maximum Gasteiger partial charge on any atom is 0.299 e. The predicted molar refractivity (Wildman–Crippen MR) is 88.7 cm³/mol. The highest BCUT2D eigenvalue weighted by molar-refractivity contribution is 6.47. The van der Waals surface area contributed by atoms with Crippen LogP contribution in [0.5, 0.6) is 0 Å². The number of aromatic nitrogens is 2. The lowest BCUT2D eigenvalue weighted by Gasteiger charge is -2.32. The zero-order valence-corrected chi connectivity index (χ0v) is 14.0. The summed E-state index contributed by atoms with van der Waals surface area (Å²) in [5.41, 5.74) is 3.71. The van der Waals surface area contributed by atoms with Gasteiger partial charge >= 0.3 is 0 Å². The van der Waals surface area contributed by atoms with E-state index in [1.165, 1.54) is 0 Å². The number of nitrogens with zero attached hydrogens (tertiary/aromatic N) is 3. The molecule has 3 rings (SSSR count). The summed E-state index contributed by atoms with van der Waals surface area (Å²) in [7, 11) is 1.78. The summed E-state index contributed by atoms with van der Waals surface area (Å²) in [6.45, 7) is 6.24. The van der Waals surface area contributed by atoms with Crippen LogP contribution in [-0.2, 0) is 18.3 Å². The summed E-state index contributed by atoms with van der Waals surface area (Å²) in [6, 6.07) is 7.81. The van der Waals surface area contributed by atoms with Gasteiger partial charge in [-0.2, -0.15) is 5.10 Å². The van der Waals surface area contributed by atoms with E-state index in [-0.39, 0.29) is 0 Å². The van der Waals surface area contributed by atoms with Crippen LogP contribution in [0, 0.1) is 19.8 Å². The minimum atomic E-state index is -0.475. The van der Waals surface area contributed by atoms with Crippen LogP contribution in [-0.4, -0.2) is 28.0 Å². The van der Waals surface area contributed by atoms with Crippen molar-refractivity contribution in [1.29, 1.82) is 0 Å². The maximum absolute atomic E-state index is 12.9. The van der Waals surface area contributed by atoms with E-state index in [2.05, 4.69) is 12.0 Å². The Morgan fingerprint density at radius 1 is 1.22 bits per heavy atom. The van der Waals surface area contributed by atoms with Crippen LogP contribution in [0.25, 0.3) is 0 Å². The van der Waals surface area contributed by atoms with Gasteiger partial charge in [0.2, 0.25) is 0 Å². The van der Waals surface area contributed by atoms with E-state index in [9.17, 15) is 9.59 Å². The first-order valence-corrected chi connectivity index (χ1v) is 7.84. The molecule has 1 aromatic carbocycles. The first-order chi connectivity index (χ1) is 10.9. The number of benzene rings is 1. The Kier molecular flexibility index (Phi) is 3.80. The molecule has 2 heterocycles. The van der Waals surface area contributed by atoms with Crippen molar-refractivity contribution >= 4 is 17.4 Å². The summed E-state index contributed by atoms with van der Waals surface area (Å²) < 4.78 is 1.64. The van der Waals surface area contributed by atoms with E-state index >= 15 is 0 Å². The maximum atomic E-state index is 12.9. The largest absolute Gasteiger partial charge is 0.305 e. The van der Waals surface area contributed by atoms with E-state index in [1.54, 1.807) is 23.6 Å². The highest BCUT2D eigenvalue weighted by Gasteiger charge is 2.32. The Labute approximate surface area is 135 Å². The summed E-state index contributed by atoms with van der Waals surface area (Å²) in [4.78, 5) is 27.3. The van der Waals surface area contributed by atoms with Gasteiger partial charge in [0, 0.05) is 25.0 Å². The van der Waals surface area contributed by atoms with E-state index < -0.39 is 11.7 Å². The third-order valence-corrected chi connectivity index (χ3v) is 4.52. The van der Waals surface area contributed by atoms with Gasteiger partial charge in [-0.05, 0) is 37.8 Å². The highest BCUT2D eigenvalue weighted by atomic mass is 16.2. The molecule has 0 fully saturated rings. The molecule has 5 heteroatoms. The fourth-order valence-electron chi connectivity index (χ4n) is 3.32. The molecular weight excluding hydrogens is 290 g/mol. The third-order valence-electron chi connectivity index (χ3n) is 4.52. The van der Waals surface area contributed by atoms with Gasteiger partial charge in [-0.25, -0.2) is 0 Å². The second-order valence-electron chi connectivity index (χ2n) is 6.35. The molecule has 0 unspecified atom stereocenters. The number of ketones is 1. The number of carbonyl (C=O) groups excluding carboxylic acids is 2. The minimum absolute atomic E-state index is 0.331. The summed E-state index contributed by atoms with van der Waals surface area (Å²) in [5, 5.41) is 4.24. The summed E-state index contributed by atoms with van der Waals surface area (Å²) in [6.07, 6.45) is 0.930. The topological polar surface area (TPSA) is 55.2 Å². The summed E-state index contributed by atoms with van der Waals surface area (Å²) in [5.74, 6) is -0.613. The Morgan fingerprint density at radius 2 is 1.91 bits per heavy atom. The van der Waals surface area contributed by atoms with E-state index in [4.69, 9.17) is 0 Å². The molecule has 5 nitrogen and oxygen atoms in total. The van der Waals surface area contributed by atoms with E-state index in [0.29, 0.717) is 23.7 Å². The number of fused-ring (bicyclic) bond motifs is 1. The number of amides is 1. The third kappa shape index (κ3) is 2.56. The monoisotopic (exact) mass is 311 g/mol. The molecular formula is C18H21N3O2. The quantitative estimate of drug-likeness (QED) is 0.632. The molecule has 23 heavy (non-hydrogen) atoms. The first kappa shape index (κ1) is 15.5. The number of anilines is 1. The molecule has 0 N–H and O–H groups in total. The molecule has 0 bridgehead atoms. The average molecular weight is 311 g/mol. The molecule has 0 saturated carbocycles. The number of hydrogen-bond donors (Lipinski definition) is 0. The molecule has 0 saturated heterocycles. The fourth-order valence-corrected chi connectivity index (χ4v) is 3.32. The van der Waals surface area contributed by atoms with Crippen LogP contribution in [0.1, 0.15) is 34.2 Å². The van der Waals surface area contributed by atoms with Gasteiger partial charge in [-0.1, -0.05) is 25.1 Å². The Bertz CT molecular complexity index is 792. The number of aryl methyl sites for hydroxylation is 2. The lowest BCUT2D eigenvalue weighted by Crippen LogP contribution is -2.43. The second kappa shape index (κ2) is 5.65. The van der Waals surface area contributed by atoms with Gasteiger partial charge in [0.1, 0.15) is 0 Å². The molecule has 1 aromatic heterocycles. The molecule has 1 aliphatic rings. The van der Waals surface area contributed by atoms with E-state index in [1.807, 2.05) is 31.2 Å². The van der Waals surface area contributed by atoms with Crippen molar-refractivity contribution in [2.45, 2.75) is 27.2 Å². The van der Waals surface area contributed by atoms with Crippen molar-refractivity contribution in [2.24, 2.45) is 13.0 Å². The number of para-hydroxylation sites is 1. The van der Waals surface area contributed by atoms with Gasteiger partial charge in [-0.3, -0.25) is 14.3 Å². The molecule has 120 valence electrons. The zero-order chi connectivity index (χ0) is 16.7. The van der Waals surface area contributed by atoms with Gasteiger partial charge in [0.15, 0.2) is 0 Å². The number of carbonyl (C=O) groups is 2. The zero-order valence-electron chi connectivity index (χ0n) is 14.0. The average Bonchev–Trinajstić information content (AvgIpc) is 2.77. The number of hydrogen-bond acceptors (Lipinski definition) is 3. The normalized spacial score (nSPS) is 17.0. The van der Waals surface area contributed by atoms with Crippen molar-refractivity contribution in [3.8, 4) is 0 Å². The van der Waals surface area contributed by atoms with Crippen LogP contribution in [0.4, 0.5) is 5.69 Å². The highest BCUT2D eigenvalue weighted by Crippen LogP contribution is 2.30. The standard InChI is InChI=1S/C18H21N3O2/c1-11-9-14-7-5-6-8-15(14)21(10-11)18(23)17(22)16-12(2)19-20(4)13(16)3/h5-8,11H,9-10H2,1-4H3/t11-/m1/s1. The predicted octanol–water partition coefficient (Wildman–Crippen LogP) is 2.45. The molecule has 2 aromatic rings.